The zero-order chi connectivity index (χ0) is 72.1. The van der Waals surface area contributed by atoms with Crippen molar-refractivity contribution in [1.29, 1.82) is 0 Å². The number of carbonyl (C=O) groups is 12. The minimum absolute atomic E-state index is 0.0406. The van der Waals surface area contributed by atoms with Crippen molar-refractivity contribution in [3.63, 3.8) is 0 Å². The molecule has 0 unspecified atom stereocenters. The van der Waals surface area contributed by atoms with E-state index in [9.17, 15) is 67.1 Å². The first kappa shape index (κ1) is 85.2. The Morgan fingerprint density at radius 1 is 0.375 bits per heavy atom. The lowest BCUT2D eigenvalue weighted by molar-refractivity contribution is -0.170. The minimum atomic E-state index is -0.850. The number of esters is 8. The number of aryl methyl sites for hydroxylation is 2. The molecule has 2 aromatic heterocycles. The molecular formula is C58H76O34S4. The van der Waals surface area contributed by atoms with Gasteiger partial charge in [-0.15, -0.1) is 0 Å². The molecule has 536 valence electrons. The van der Waals surface area contributed by atoms with Crippen LogP contribution in [0.1, 0.15) is 130 Å². The third-order valence-electron chi connectivity index (χ3n) is 10.5. The molecule has 0 aromatic carbocycles. The van der Waals surface area contributed by atoms with Crippen molar-refractivity contribution in [3.05, 3.63) is 92.4 Å². The van der Waals surface area contributed by atoms with Gasteiger partial charge in [0.15, 0.2) is 61.0 Å². The summed E-state index contributed by atoms with van der Waals surface area (Å²) >= 11 is 3.60. The highest BCUT2D eigenvalue weighted by molar-refractivity contribution is 8.14. The summed E-state index contributed by atoms with van der Waals surface area (Å²) in [6.07, 6.45) is 2.03. The molecule has 0 saturated carbocycles. The van der Waals surface area contributed by atoms with Crippen LogP contribution in [0.15, 0.2) is 75.3 Å². The van der Waals surface area contributed by atoms with Crippen LogP contribution in [-0.4, -0.2) is 132 Å². The topological polar surface area (TPSA) is 439 Å². The molecule has 0 bridgehead atoms. The molecule has 2 aromatic rings. The molecule has 0 fully saturated rings. The maximum atomic E-state index is 11.6. The van der Waals surface area contributed by atoms with Gasteiger partial charge in [-0.05, 0) is 114 Å². The Labute approximate surface area is 565 Å². The van der Waals surface area contributed by atoms with Gasteiger partial charge in [0.1, 0.15) is 11.5 Å². The average molecular weight is 1450 g/mol. The van der Waals surface area contributed by atoms with Crippen LogP contribution in [0, 0.1) is 25.7 Å². The fraction of sp³-hybridized carbons (Fsp3) is 0.552. The number of allylic oxidation sites excluding steroid dienone is 2. The Hall–Kier alpha value is -8.78. The molecule has 0 aliphatic carbocycles. The van der Waals surface area contributed by atoms with Gasteiger partial charge in [0.25, 0.3) is 11.9 Å². The zero-order valence-electron chi connectivity index (χ0n) is 54.2. The Bertz CT molecular complexity index is 3120. The van der Waals surface area contributed by atoms with Crippen LogP contribution in [-0.2, 0) is 127 Å². The summed E-state index contributed by atoms with van der Waals surface area (Å²) < 4.78 is 95.8. The van der Waals surface area contributed by atoms with E-state index < -0.39 is 108 Å². The SMILES string of the molecule is C=C1OC(C)=C(COC(=O)SCCCC(=O)OCOC(=O)C(C)C)O1.C=C1OC(C)=C(COC(=O)SCCCC(=O)OCOC(C)=O)O1.CC(=O)OCOC(=O)SCCCC(=O)OCc1oc(=O)oc1C.Cc1oc(=O)oc1COC(=O)CCCSC(=O)OCOC(=O)C(C)C. The fourth-order valence-electron chi connectivity index (χ4n) is 5.64. The number of hydrogen-bond donors (Lipinski definition) is 0. The monoisotopic (exact) mass is 1440 g/mol. The van der Waals surface area contributed by atoms with Gasteiger partial charge in [0.2, 0.25) is 27.2 Å². The smallest absolute Gasteiger partial charge is 0.457 e. The normalized spacial score (nSPS) is 11.8. The van der Waals surface area contributed by atoms with E-state index in [4.69, 9.17) is 61.3 Å². The zero-order valence-corrected chi connectivity index (χ0v) is 57.5. The maximum Gasteiger partial charge on any atom is 0.519 e. The van der Waals surface area contributed by atoms with E-state index in [1.54, 1.807) is 41.5 Å². The summed E-state index contributed by atoms with van der Waals surface area (Å²) in [4.78, 5) is 156. The summed E-state index contributed by atoms with van der Waals surface area (Å²) in [5, 5.41) is -2.17. The van der Waals surface area contributed by atoms with Crippen LogP contribution >= 0.6 is 47.0 Å². The highest BCUT2D eigenvalue weighted by atomic mass is 32.2. The summed E-state index contributed by atoms with van der Waals surface area (Å²) in [5.74, 6) is -1.83. The largest absolute Gasteiger partial charge is 0.519 e. The van der Waals surface area contributed by atoms with Crippen molar-refractivity contribution >= 4 is 116 Å². The predicted molar refractivity (Wildman–Crippen MR) is 331 cm³/mol. The molecule has 4 rings (SSSR count). The van der Waals surface area contributed by atoms with E-state index in [2.05, 4.69) is 45.4 Å². The van der Waals surface area contributed by atoms with Crippen molar-refractivity contribution < 1.29 is 151 Å². The van der Waals surface area contributed by atoms with Gasteiger partial charge in [0, 0.05) is 62.5 Å². The molecule has 0 atom stereocenters. The maximum absolute atomic E-state index is 11.6. The highest BCUT2D eigenvalue weighted by Crippen LogP contribution is 2.25. The second kappa shape index (κ2) is 48.8. The lowest BCUT2D eigenvalue weighted by Crippen LogP contribution is -2.16. The Morgan fingerprint density at radius 2 is 0.667 bits per heavy atom. The van der Waals surface area contributed by atoms with Gasteiger partial charge in [0.05, 0.1) is 11.8 Å². The van der Waals surface area contributed by atoms with Gasteiger partial charge < -0.3 is 93.5 Å². The van der Waals surface area contributed by atoms with Crippen LogP contribution in [0.4, 0.5) is 19.2 Å². The third kappa shape index (κ3) is 42.5. The molecule has 0 saturated heterocycles. The van der Waals surface area contributed by atoms with Gasteiger partial charge in [-0.2, -0.15) is 0 Å². The van der Waals surface area contributed by atoms with E-state index in [0.29, 0.717) is 71.7 Å². The van der Waals surface area contributed by atoms with Crippen LogP contribution in [0.5, 0.6) is 0 Å². The number of carbonyl (C=O) groups excluding carboxylic acids is 12. The van der Waals surface area contributed by atoms with Gasteiger partial charge in [-0.3, -0.25) is 38.4 Å². The van der Waals surface area contributed by atoms with Crippen LogP contribution in [0.3, 0.4) is 0 Å². The molecular weight excluding hydrogens is 1370 g/mol. The number of rotatable bonds is 34. The van der Waals surface area contributed by atoms with Crippen molar-refractivity contribution in [2.45, 2.75) is 134 Å². The molecule has 4 heterocycles. The second-order valence-corrected chi connectivity index (χ2v) is 23.1. The first-order valence-corrected chi connectivity index (χ1v) is 32.4. The number of hydrogen-bond acceptors (Lipinski definition) is 38. The van der Waals surface area contributed by atoms with Crippen LogP contribution in [0.2, 0.25) is 0 Å². The summed E-state index contributed by atoms with van der Waals surface area (Å²) in [6.45, 7) is 20.4. The Morgan fingerprint density at radius 3 is 0.948 bits per heavy atom. The van der Waals surface area contributed by atoms with Gasteiger partial charge in [-0.25, -0.2) is 28.8 Å². The second-order valence-electron chi connectivity index (χ2n) is 19.0. The van der Waals surface area contributed by atoms with Crippen molar-refractivity contribution in [2.75, 3.05) is 63.4 Å². The van der Waals surface area contributed by atoms with Crippen molar-refractivity contribution in [2.24, 2.45) is 11.8 Å². The molecule has 34 nitrogen and oxygen atoms in total. The summed E-state index contributed by atoms with van der Waals surface area (Å²) in [6, 6.07) is 0. The molecule has 38 heteroatoms. The summed E-state index contributed by atoms with van der Waals surface area (Å²) in [7, 11) is 0. The van der Waals surface area contributed by atoms with Crippen LogP contribution < -0.4 is 11.6 Å². The first-order chi connectivity index (χ1) is 45.3. The minimum Gasteiger partial charge on any atom is -0.457 e. The molecule has 96 heavy (non-hydrogen) atoms. The molecule has 0 N–H and O–H groups in total. The third-order valence-corrected chi connectivity index (χ3v) is 13.9. The van der Waals surface area contributed by atoms with E-state index >= 15 is 0 Å². The Kier molecular flexibility index (Phi) is 43.4. The molecule has 0 spiro atoms. The van der Waals surface area contributed by atoms with E-state index in [1.165, 1.54) is 27.7 Å². The van der Waals surface area contributed by atoms with Gasteiger partial charge in [-0.1, -0.05) is 27.7 Å². The quantitative estimate of drug-likeness (QED) is 0.0272. The van der Waals surface area contributed by atoms with E-state index in [-0.39, 0.29) is 98.9 Å². The number of thioether (sulfide) groups is 4. The summed E-state index contributed by atoms with van der Waals surface area (Å²) in [5.41, 5.74) is 0. The molecule has 0 radical (unpaired) electrons. The number of ether oxygens (including phenoxy) is 16. The Balaban J connectivity index is 0.000000640. The molecule has 2 aliphatic rings. The van der Waals surface area contributed by atoms with Crippen molar-refractivity contribution in [1.82, 2.24) is 0 Å². The van der Waals surface area contributed by atoms with E-state index in [1.807, 2.05) is 0 Å². The predicted octanol–water partition coefficient (Wildman–Crippen LogP) is 9.68. The lowest BCUT2D eigenvalue weighted by atomic mass is 10.2. The van der Waals surface area contributed by atoms with Crippen LogP contribution in [0.25, 0.3) is 0 Å². The molecule has 2 aliphatic heterocycles. The average Bonchev–Trinajstić information content (AvgIpc) is 2.12. The lowest BCUT2D eigenvalue weighted by Gasteiger charge is -2.08. The van der Waals surface area contributed by atoms with Gasteiger partial charge >= 0.3 is 80.6 Å². The highest BCUT2D eigenvalue weighted by Gasteiger charge is 2.22. The van der Waals surface area contributed by atoms with E-state index in [0.717, 1.165) is 47.0 Å². The van der Waals surface area contributed by atoms with Crippen molar-refractivity contribution in [3.8, 4) is 0 Å². The molecule has 0 amide bonds. The standard InChI is InChI=1S/C16H22O8S.C15H20O9S.C14H18O8S.C13H16O9S/c1-10(2)15(18)22-9-21-14(17)6-5-7-25-16(19)20-8-13-11(3)23-12(4)24-13;1-9(2)13(17)21-8-22-15(19)25-6-4-5-12(16)20-7-11-10(3)23-14(18)24-11;1-9-12(22-11(3)21-9)7-18-14(17)23-6-4-5-13(16)20-8-19-10(2)15;1-8-10(22-12(16)21-8)6-18-11(15)4-3-5-23-13(17)20-7-19-9(2)14/h10H,4-9H2,1-3H3;9H,4-8H2,1-3H3;3-8H2,1-2H3;3-7H2,1-2H3. The first-order valence-electron chi connectivity index (χ1n) is 28.4. The fourth-order valence-corrected chi connectivity index (χ4v) is 8.00.